The molecule has 0 unspecified atom stereocenters. The van der Waals surface area contributed by atoms with Crippen molar-refractivity contribution in [2.24, 2.45) is 0 Å². The van der Waals surface area contributed by atoms with Gasteiger partial charge in [0.1, 0.15) is 0 Å². The number of aromatic nitrogens is 1. The van der Waals surface area contributed by atoms with Crippen molar-refractivity contribution in [3.05, 3.63) is 29.1 Å². The lowest BCUT2D eigenvalue weighted by atomic mass is 9.68. The van der Waals surface area contributed by atoms with E-state index in [0.717, 1.165) is 36.8 Å². The predicted molar refractivity (Wildman–Crippen MR) is 96.9 cm³/mol. The van der Waals surface area contributed by atoms with Crippen LogP contribution in [0, 0.1) is 0 Å². The molecule has 6 nitrogen and oxygen atoms in total. The van der Waals surface area contributed by atoms with Gasteiger partial charge in [-0.25, -0.2) is 5.48 Å². The number of hydroxylamine groups is 1. The third-order valence-electron chi connectivity index (χ3n) is 7.16. The van der Waals surface area contributed by atoms with E-state index in [4.69, 9.17) is 5.21 Å². The van der Waals surface area contributed by atoms with E-state index in [1.54, 1.807) is 11.7 Å². The molecule has 1 amide bonds. The zero-order chi connectivity index (χ0) is 17.7. The van der Waals surface area contributed by atoms with Crippen LogP contribution in [0.3, 0.4) is 0 Å². The highest BCUT2D eigenvalue weighted by atomic mass is 16.5. The van der Waals surface area contributed by atoms with Crippen LogP contribution >= 0.6 is 0 Å². The number of carbonyl (C=O) groups excluding carboxylic acids is 1. The molecule has 2 aliphatic heterocycles. The second-order valence-electron chi connectivity index (χ2n) is 8.64. The molecule has 0 radical (unpaired) electrons. The second kappa shape index (κ2) is 6.29. The summed E-state index contributed by atoms with van der Waals surface area (Å²) < 4.78 is 0. The highest BCUT2D eigenvalue weighted by Gasteiger charge is 2.51. The van der Waals surface area contributed by atoms with Gasteiger partial charge in [0.15, 0.2) is 0 Å². The summed E-state index contributed by atoms with van der Waals surface area (Å²) in [5.41, 5.74) is 4.88. The molecular weight excluding hydrogens is 328 g/mol. The van der Waals surface area contributed by atoms with Crippen LogP contribution in [-0.4, -0.2) is 56.6 Å². The van der Waals surface area contributed by atoms with Gasteiger partial charge in [-0.1, -0.05) is 0 Å². The number of nitrogens with zero attached hydrogens (tertiary/aromatic N) is 3. The average Bonchev–Trinajstić information content (AvgIpc) is 3.49. The van der Waals surface area contributed by atoms with Crippen LogP contribution in [-0.2, 0) is 13.0 Å². The number of amides is 1. The van der Waals surface area contributed by atoms with Gasteiger partial charge in [0.25, 0.3) is 5.91 Å². The van der Waals surface area contributed by atoms with Gasteiger partial charge in [-0.2, -0.15) is 0 Å². The quantitative estimate of drug-likeness (QED) is 0.641. The van der Waals surface area contributed by atoms with Gasteiger partial charge in [-0.05, 0) is 63.0 Å². The van der Waals surface area contributed by atoms with Crippen LogP contribution in [0.4, 0.5) is 0 Å². The monoisotopic (exact) mass is 356 g/mol. The zero-order valence-corrected chi connectivity index (χ0v) is 15.3. The maximum Gasteiger partial charge on any atom is 0.276 e. The van der Waals surface area contributed by atoms with Crippen LogP contribution in [0.15, 0.2) is 12.3 Å². The van der Waals surface area contributed by atoms with Gasteiger partial charge in [0.2, 0.25) is 0 Å². The van der Waals surface area contributed by atoms with Crippen molar-refractivity contribution >= 4 is 5.91 Å². The Balaban J connectivity index is 1.29. The van der Waals surface area contributed by atoms with Crippen molar-refractivity contribution < 1.29 is 10.0 Å². The summed E-state index contributed by atoms with van der Waals surface area (Å²) in [6.45, 7) is 3.20. The largest absolute Gasteiger partial charge is 0.295 e. The Kier molecular flexibility index (Phi) is 4.03. The zero-order valence-electron chi connectivity index (χ0n) is 15.3. The molecular formula is C20H28N4O2. The smallest absolute Gasteiger partial charge is 0.276 e. The topological polar surface area (TPSA) is 68.7 Å². The molecule has 6 heteroatoms. The molecule has 1 aromatic heterocycles. The third-order valence-corrected chi connectivity index (χ3v) is 7.16. The van der Waals surface area contributed by atoms with Crippen molar-refractivity contribution in [1.82, 2.24) is 20.3 Å². The van der Waals surface area contributed by atoms with E-state index in [1.165, 1.54) is 51.5 Å². The van der Waals surface area contributed by atoms with E-state index in [-0.39, 0.29) is 0 Å². The van der Waals surface area contributed by atoms with Gasteiger partial charge in [0.05, 0.1) is 11.3 Å². The van der Waals surface area contributed by atoms with Crippen molar-refractivity contribution in [2.75, 3.05) is 13.1 Å². The molecule has 2 aliphatic carbocycles. The molecule has 26 heavy (non-hydrogen) atoms. The summed E-state index contributed by atoms with van der Waals surface area (Å²) in [6, 6.07) is 3.44. The maximum absolute atomic E-state index is 11.6. The first-order chi connectivity index (χ1) is 12.7. The number of carbonyl (C=O) groups is 1. The molecule has 1 spiro atoms. The van der Waals surface area contributed by atoms with E-state index in [2.05, 4.69) is 14.8 Å². The molecule has 5 rings (SSSR count). The Labute approximate surface area is 154 Å². The van der Waals surface area contributed by atoms with Crippen molar-refractivity contribution in [1.29, 1.82) is 0 Å². The summed E-state index contributed by atoms with van der Waals surface area (Å²) in [5.74, 6) is -0.484. The molecule has 2 N–H and O–H groups in total. The van der Waals surface area contributed by atoms with E-state index >= 15 is 0 Å². The third kappa shape index (κ3) is 2.75. The fourth-order valence-electron chi connectivity index (χ4n) is 5.46. The van der Waals surface area contributed by atoms with E-state index < -0.39 is 5.91 Å². The van der Waals surface area contributed by atoms with Gasteiger partial charge < -0.3 is 0 Å². The first-order valence-electron chi connectivity index (χ1n) is 10.1. The Hall–Kier alpha value is -1.50. The van der Waals surface area contributed by atoms with E-state index in [9.17, 15) is 4.79 Å². The molecule has 0 aromatic carbocycles. The molecule has 2 saturated carbocycles. The fourth-order valence-corrected chi connectivity index (χ4v) is 5.46. The number of nitrogens with one attached hydrogen (secondary N) is 1. The number of pyridine rings is 1. The number of likely N-dealkylation sites (tertiary alicyclic amines) is 1. The van der Waals surface area contributed by atoms with Crippen molar-refractivity contribution in [3.63, 3.8) is 0 Å². The summed E-state index contributed by atoms with van der Waals surface area (Å²) in [4.78, 5) is 21.6. The number of hydrogen-bond acceptors (Lipinski definition) is 5. The van der Waals surface area contributed by atoms with Crippen LogP contribution in [0.25, 0.3) is 0 Å². The maximum atomic E-state index is 11.6. The molecule has 1 saturated heterocycles. The SMILES string of the molecule is O=C(NO)c1cnc2c(c1)CCN([C@H]1CCN(C3CC3)C3(CCC3)C1)C2. The number of rotatable bonds is 3. The van der Waals surface area contributed by atoms with Crippen LogP contribution < -0.4 is 5.48 Å². The lowest BCUT2D eigenvalue weighted by Crippen LogP contribution is -2.62. The molecule has 1 aromatic rings. The minimum absolute atomic E-state index is 0.436. The first-order valence-corrected chi connectivity index (χ1v) is 10.1. The molecule has 0 bridgehead atoms. The van der Waals surface area contributed by atoms with E-state index in [0.29, 0.717) is 17.1 Å². The lowest BCUT2D eigenvalue weighted by Gasteiger charge is -2.57. The standard InChI is InChI=1S/C20H28N4O2/c25-19(22-26)15-10-14-4-8-23(13-18(14)21-12-15)17-5-9-24(16-2-3-16)20(11-17)6-1-7-20/h10,12,16-17,26H,1-9,11,13H2,(H,22,25)/t17-/m0/s1. The van der Waals surface area contributed by atoms with Gasteiger partial charge in [-0.3, -0.25) is 24.8 Å². The predicted octanol–water partition coefficient (Wildman–Crippen LogP) is 2.11. The van der Waals surface area contributed by atoms with Gasteiger partial charge in [-0.15, -0.1) is 0 Å². The molecule has 140 valence electrons. The van der Waals surface area contributed by atoms with Crippen LogP contribution in [0.5, 0.6) is 0 Å². The molecule has 3 heterocycles. The molecule has 3 fully saturated rings. The summed E-state index contributed by atoms with van der Waals surface area (Å²) in [7, 11) is 0. The molecule has 4 aliphatic rings. The summed E-state index contributed by atoms with van der Waals surface area (Å²) in [5, 5.41) is 8.81. The average molecular weight is 356 g/mol. The molecule has 1 atom stereocenters. The van der Waals surface area contributed by atoms with Gasteiger partial charge in [0, 0.05) is 43.5 Å². The Bertz CT molecular complexity index is 714. The summed E-state index contributed by atoms with van der Waals surface area (Å²) >= 11 is 0. The lowest BCUT2D eigenvalue weighted by molar-refractivity contribution is -0.0591. The van der Waals surface area contributed by atoms with Gasteiger partial charge >= 0.3 is 0 Å². The highest BCUT2D eigenvalue weighted by molar-refractivity contribution is 5.93. The minimum Gasteiger partial charge on any atom is -0.295 e. The minimum atomic E-state index is -0.484. The normalized spacial score (nSPS) is 28.4. The summed E-state index contributed by atoms with van der Waals surface area (Å²) in [6.07, 6.45) is 12.1. The second-order valence-corrected chi connectivity index (χ2v) is 8.64. The van der Waals surface area contributed by atoms with E-state index in [1.807, 2.05) is 6.07 Å². The fraction of sp³-hybridized carbons (Fsp3) is 0.700. The Morgan fingerprint density at radius 2 is 2.08 bits per heavy atom. The highest BCUT2D eigenvalue weighted by Crippen LogP contribution is 2.50. The number of fused-ring (bicyclic) bond motifs is 1. The van der Waals surface area contributed by atoms with Crippen LogP contribution in [0.1, 0.15) is 66.6 Å². The Morgan fingerprint density at radius 1 is 1.23 bits per heavy atom. The Morgan fingerprint density at radius 3 is 2.77 bits per heavy atom. The first kappa shape index (κ1) is 16.7. The van der Waals surface area contributed by atoms with Crippen LogP contribution in [0.2, 0.25) is 0 Å². The number of hydrogen-bond donors (Lipinski definition) is 2. The van der Waals surface area contributed by atoms with Crippen molar-refractivity contribution in [3.8, 4) is 0 Å². The van der Waals surface area contributed by atoms with Crippen molar-refractivity contribution in [2.45, 2.75) is 75.5 Å². The number of piperidine rings is 1.